The highest BCUT2D eigenvalue weighted by Crippen LogP contribution is 2.40. The van der Waals surface area contributed by atoms with E-state index >= 15 is 0 Å². The molecule has 0 bridgehead atoms. The molecule has 0 radical (unpaired) electrons. The molecular weight excluding hydrogens is 294 g/mol. The van der Waals surface area contributed by atoms with Crippen molar-refractivity contribution in [2.24, 2.45) is 5.73 Å². The number of aromatic nitrogens is 2. The van der Waals surface area contributed by atoms with Crippen LogP contribution in [0.15, 0.2) is 0 Å². The largest absolute Gasteiger partial charge is 0.374 e. The minimum Gasteiger partial charge on any atom is -0.374 e. The van der Waals surface area contributed by atoms with Gasteiger partial charge >= 0.3 is 0 Å². The van der Waals surface area contributed by atoms with Crippen molar-refractivity contribution in [1.29, 1.82) is 0 Å². The lowest BCUT2D eigenvalue weighted by atomic mass is 10.0. The average Bonchev–Trinajstić information content (AvgIpc) is 3.40. The summed E-state index contributed by atoms with van der Waals surface area (Å²) in [7, 11) is 0. The van der Waals surface area contributed by atoms with E-state index in [9.17, 15) is 4.79 Å². The Kier molecular flexibility index (Phi) is 3.90. The quantitative estimate of drug-likeness (QED) is 0.824. The smallest absolute Gasteiger partial charge is 0.270 e. The first kappa shape index (κ1) is 14.8. The Hall–Kier alpha value is -1.73. The van der Waals surface area contributed by atoms with E-state index in [0.717, 1.165) is 56.0 Å². The maximum atomic E-state index is 12.2. The number of hydrogen-bond donors (Lipinski definition) is 2. The first-order valence-corrected chi connectivity index (χ1v) is 8.52. The number of ether oxygens (including phenoxy) is 1. The van der Waals surface area contributed by atoms with Crippen LogP contribution in [0.4, 0.5) is 5.82 Å². The number of nitrogens with zero attached hydrogens (tertiary/aromatic N) is 3. The van der Waals surface area contributed by atoms with Gasteiger partial charge in [-0.25, -0.2) is 9.97 Å². The van der Waals surface area contributed by atoms with Gasteiger partial charge in [0.25, 0.3) is 5.91 Å². The number of anilines is 1. The van der Waals surface area contributed by atoms with E-state index in [2.05, 4.69) is 15.2 Å². The Labute approximate surface area is 135 Å². The lowest BCUT2D eigenvalue weighted by Crippen LogP contribution is -2.45. The Bertz CT molecular complexity index is 615. The number of fused-ring (bicyclic) bond motifs is 1. The second kappa shape index (κ2) is 6.05. The molecule has 23 heavy (non-hydrogen) atoms. The predicted octanol–water partition coefficient (Wildman–Crippen LogP) is 0.194. The summed E-state index contributed by atoms with van der Waals surface area (Å²) in [5.74, 6) is 2.13. The first-order valence-electron chi connectivity index (χ1n) is 8.52. The van der Waals surface area contributed by atoms with Crippen LogP contribution in [-0.2, 0) is 11.2 Å². The van der Waals surface area contributed by atoms with Gasteiger partial charge in [-0.2, -0.15) is 0 Å². The minimum absolute atomic E-state index is 0.0661. The molecule has 7 heteroatoms. The van der Waals surface area contributed by atoms with Crippen molar-refractivity contribution in [2.45, 2.75) is 37.7 Å². The molecule has 7 nitrogen and oxygen atoms in total. The van der Waals surface area contributed by atoms with E-state index in [1.54, 1.807) is 0 Å². The Morgan fingerprint density at radius 2 is 2.22 bits per heavy atom. The van der Waals surface area contributed by atoms with Crippen LogP contribution >= 0.6 is 0 Å². The molecule has 1 aliphatic carbocycles. The van der Waals surface area contributed by atoms with Crippen LogP contribution in [0.5, 0.6) is 0 Å². The van der Waals surface area contributed by atoms with E-state index < -0.39 is 0 Å². The third kappa shape index (κ3) is 2.90. The second-order valence-corrected chi connectivity index (χ2v) is 6.53. The molecular formula is C16H23N5O2. The number of morpholine rings is 1. The molecule has 2 fully saturated rings. The summed E-state index contributed by atoms with van der Waals surface area (Å²) in [6, 6.07) is 0. The van der Waals surface area contributed by atoms with Gasteiger partial charge in [0.1, 0.15) is 17.3 Å². The third-order valence-electron chi connectivity index (χ3n) is 4.75. The van der Waals surface area contributed by atoms with Crippen LogP contribution in [0.3, 0.4) is 0 Å². The number of carbonyl (C=O) groups is 1. The highest BCUT2D eigenvalue weighted by molar-refractivity contribution is 5.96. The van der Waals surface area contributed by atoms with Crippen molar-refractivity contribution in [3.8, 4) is 0 Å². The van der Waals surface area contributed by atoms with Gasteiger partial charge in [-0.15, -0.1) is 0 Å². The highest BCUT2D eigenvalue weighted by Gasteiger charge is 2.33. The van der Waals surface area contributed by atoms with Gasteiger partial charge in [0.15, 0.2) is 0 Å². The van der Waals surface area contributed by atoms with Gasteiger partial charge in [0, 0.05) is 31.1 Å². The van der Waals surface area contributed by atoms with Crippen LogP contribution in [0, 0.1) is 0 Å². The Morgan fingerprint density at radius 3 is 3.00 bits per heavy atom. The van der Waals surface area contributed by atoms with Crippen molar-refractivity contribution in [2.75, 3.05) is 37.7 Å². The molecule has 1 saturated heterocycles. The summed E-state index contributed by atoms with van der Waals surface area (Å²) in [4.78, 5) is 23.9. The summed E-state index contributed by atoms with van der Waals surface area (Å²) in [6.45, 7) is 3.54. The Morgan fingerprint density at radius 1 is 1.35 bits per heavy atom. The molecule has 0 aromatic carbocycles. The predicted molar refractivity (Wildman–Crippen MR) is 85.7 cm³/mol. The van der Waals surface area contributed by atoms with Gasteiger partial charge < -0.3 is 20.7 Å². The standard InChI is InChI=1S/C16H23N5O2/c17-5-3-11-9-21(7-8-23-11)15-12-4-6-18-16(22)13(12)19-14(20-15)10-1-2-10/h10-11H,1-9,17H2,(H,18,22). The second-order valence-electron chi connectivity index (χ2n) is 6.53. The molecule has 4 rings (SSSR count). The fourth-order valence-corrected chi connectivity index (χ4v) is 3.35. The summed E-state index contributed by atoms with van der Waals surface area (Å²) in [5, 5.41) is 2.90. The van der Waals surface area contributed by atoms with Crippen molar-refractivity contribution >= 4 is 11.7 Å². The first-order chi connectivity index (χ1) is 11.3. The third-order valence-corrected chi connectivity index (χ3v) is 4.75. The molecule has 1 aromatic heterocycles. The van der Waals surface area contributed by atoms with Gasteiger partial charge in [-0.1, -0.05) is 0 Å². The number of carbonyl (C=O) groups excluding carboxylic acids is 1. The number of rotatable bonds is 4. The maximum Gasteiger partial charge on any atom is 0.270 e. The van der Waals surface area contributed by atoms with Gasteiger partial charge in [-0.3, -0.25) is 4.79 Å². The van der Waals surface area contributed by atoms with Gasteiger partial charge in [0.05, 0.1) is 12.7 Å². The zero-order valence-electron chi connectivity index (χ0n) is 13.3. The minimum atomic E-state index is -0.0661. The fraction of sp³-hybridized carbons (Fsp3) is 0.688. The molecule has 3 heterocycles. The number of nitrogens with one attached hydrogen (secondary N) is 1. The highest BCUT2D eigenvalue weighted by atomic mass is 16.5. The SMILES string of the molecule is NCCC1CN(c2nc(C3CC3)nc3c2CCNC3=O)CCO1. The normalized spacial score (nSPS) is 24.3. The zero-order chi connectivity index (χ0) is 15.8. The summed E-state index contributed by atoms with van der Waals surface area (Å²) in [6.07, 6.45) is 4.03. The molecule has 3 aliphatic rings. The van der Waals surface area contributed by atoms with Crippen LogP contribution in [-0.4, -0.2) is 54.8 Å². The average molecular weight is 317 g/mol. The molecule has 0 spiro atoms. The summed E-state index contributed by atoms with van der Waals surface area (Å²) >= 11 is 0. The fourth-order valence-electron chi connectivity index (χ4n) is 3.35. The molecule has 1 atom stereocenters. The molecule has 124 valence electrons. The van der Waals surface area contributed by atoms with Crippen LogP contribution in [0.25, 0.3) is 0 Å². The van der Waals surface area contributed by atoms with E-state index in [4.69, 9.17) is 15.5 Å². The topological polar surface area (TPSA) is 93.4 Å². The zero-order valence-corrected chi connectivity index (χ0v) is 13.3. The molecule has 2 aliphatic heterocycles. The van der Waals surface area contributed by atoms with Crippen molar-refractivity contribution < 1.29 is 9.53 Å². The van der Waals surface area contributed by atoms with Crippen LogP contribution in [0.1, 0.15) is 47.1 Å². The van der Waals surface area contributed by atoms with E-state index in [-0.39, 0.29) is 12.0 Å². The van der Waals surface area contributed by atoms with Crippen molar-refractivity contribution in [3.63, 3.8) is 0 Å². The maximum absolute atomic E-state index is 12.2. The van der Waals surface area contributed by atoms with E-state index in [0.29, 0.717) is 31.3 Å². The number of hydrogen-bond acceptors (Lipinski definition) is 6. The molecule has 1 saturated carbocycles. The van der Waals surface area contributed by atoms with Gasteiger partial charge in [0.2, 0.25) is 0 Å². The van der Waals surface area contributed by atoms with E-state index in [1.807, 2.05) is 0 Å². The summed E-state index contributed by atoms with van der Waals surface area (Å²) < 4.78 is 5.78. The van der Waals surface area contributed by atoms with Gasteiger partial charge in [-0.05, 0) is 32.2 Å². The lowest BCUT2D eigenvalue weighted by molar-refractivity contribution is 0.0365. The number of nitrogens with two attached hydrogens (primary N) is 1. The molecule has 3 N–H and O–H groups in total. The number of amides is 1. The molecule has 1 aromatic rings. The molecule has 1 unspecified atom stereocenters. The lowest BCUT2D eigenvalue weighted by Gasteiger charge is -2.35. The monoisotopic (exact) mass is 317 g/mol. The van der Waals surface area contributed by atoms with Crippen LogP contribution in [0.2, 0.25) is 0 Å². The summed E-state index contributed by atoms with van der Waals surface area (Å²) in [5.41, 5.74) is 7.23. The van der Waals surface area contributed by atoms with Crippen molar-refractivity contribution in [1.82, 2.24) is 15.3 Å². The molecule has 1 amide bonds. The van der Waals surface area contributed by atoms with Crippen molar-refractivity contribution in [3.05, 3.63) is 17.1 Å². The van der Waals surface area contributed by atoms with E-state index in [1.165, 1.54) is 0 Å². The van der Waals surface area contributed by atoms with Crippen LogP contribution < -0.4 is 16.0 Å². The Balaban J connectivity index is 1.70.